The van der Waals surface area contributed by atoms with E-state index in [1.807, 2.05) is 11.3 Å². The minimum Gasteiger partial charge on any atom is -0.311 e. The van der Waals surface area contributed by atoms with Gasteiger partial charge in [-0.2, -0.15) is 0 Å². The minimum atomic E-state index is 1.10. The average Bonchev–Trinajstić information content (AvgIpc) is 3.71. The summed E-state index contributed by atoms with van der Waals surface area (Å²) >= 11 is 1.85. The van der Waals surface area contributed by atoms with E-state index in [0.717, 1.165) is 39.7 Å². The molecule has 11 rings (SSSR count). The molecule has 11 aromatic rings. The predicted octanol–water partition coefficient (Wildman–Crippen LogP) is 17.1. The highest BCUT2D eigenvalue weighted by molar-refractivity contribution is 7.25. The van der Waals surface area contributed by atoms with E-state index in [0.29, 0.717) is 0 Å². The third-order valence-corrected chi connectivity index (χ3v) is 12.8. The Labute approximate surface area is 360 Å². The molecule has 3 heteroatoms. The summed E-state index contributed by atoms with van der Waals surface area (Å²) in [6, 6.07) is 87.8. The van der Waals surface area contributed by atoms with Crippen LogP contribution >= 0.6 is 11.3 Å². The fourth-order valence-electron chi connectivity index (χ4n) is 8.60. The Morgan fingerprint density at radius 3 is 1.18 bits per heavy atom. The molecule has 10 aromatic carbocycles. The molecule has 1 aromatic heterocycles. The molecule has 0 aliphatic rings. The summed E-state index contributed by atoms with van der Waals surface area (Å²) in [5.74, 6) is 0. The molecule has 0 saturated heterocycles. The zero-order valence-corrected chi connectivity index (χ0v) is 34.2. The molecule has 2 nitrogen and oxygen atoms in total. The highest BCUT2D eigenvalue weighted by atomic mass is 32.1. The van der Waals surface area contributed by atoms with Gasteiger partial charge < -0.3 is 9.80 Å². The van der Waals surface area contributed by atoms with Crippen LogP contribution in [0.25, 0.3) is 64.3 Å². The highest BCUT2D eigenvalue weighted by Crippen LogP contribution is 2.44. The highest BCUT2D eigenvalue weighted by Gasteiger charge is 2.18. The van der Waals surface area contributed by atoms with E-state index in [4.69, 9.17) is 0 Å². The van der Waals surface area contributed by atoms with Crippen molar-refractivity contribution in [3.8, 4) is 33.4 Å². The number of fused-ring (bicyclic) bond motifs is 4. The standard InChI is InChI=1S/C58H40N2S/c1-3-12-41(13-4-1)43-22-30-48(31-23-43)59(49-32-24-44(25-33-49)42-14-5-2-6-15-42)50-34-26-45(27-35-50)46-28-36-51(37-29-46)60(56-20-11-17-47-16-7-8-18-53(47)56)52-38-39-58-55(40-52)54-19-9-10-21-57(54)61-58/h1-40H. The van der Waals surface area contributed by atoms with Crippen molar-refractivity contribution in [3.63, 3.8) is 0 Å². The van der Waals surface area contributed by atoms with E-state index in [2.05, 4.69) is 252 Å². The molecule has 0 spiro atoms. The second-order valence-corrected chi connectivity index (χ2v) is 16.5. The van der Waals surface area contributed by atoms with E-state index in [1.54, 1.807) is 0 Å². The van der Waals surface area contributed by atoms with Crippen molar-refractivity contribution in [1.82, 2.24) is 0 Å². The monoisotopic (exact) mass is 796 g/mol. The van der Waals surface area contributed by atoms with Crippen molar-refractivity contribution in [2.45, 2.75) is 0 Å². The van der Waals surface area contributed by atoms with Gasteiger partial charge in [-0.1, -0.05) is 164 Å². The molecular weight excluding hydrogens is 757 g/mol. The molecule has 0 unspecified atom stereocenters. The maximum absolute atomic E-state index is 2.41. The number of anilines is 6. The number of rotatable bonds is 9. The van der Waals surface area contributed by atoms with Crippen LogP contribution in [0.2, 0.25) is 0 Å². The summed E-state index contributed by atoms with van der Waals surface area (Å²) in [7, 11) is 0. The first-order chi connectivity index (χ1) is 30.2. The van der Waals surface area contributed by atoms with E-state index in [1.165, 1.54) is 58.8 Å². The molecule has 0 fully saturated rings. The lowest BCUT2D eigenvalue weighted by Crippen LogP contribution is -2.10. The summed E-state index contributed by atoms with van der Waals surface area (Å²) in [6.07, 6.45) is 0. The lowest BCUT2D eigenvalue weighted by atomic mass is 10.0. The van der Waals surface area contributed by atoms with Gasteiger partial charge in [0, 0.05) is 54.0 Å². The summed E-state index contributed by atoms with van der Waals surface area (Å²) < 4.78 is 2.61. The van der Waals surface area contributed by atoms with Gasteiger partial charge in [0.1, 0.15) is 0 Å². The van der Waals surface area contributed by atoms with Crippen LogP contribution in [0.4, 0.5) is 34.1 Å². The van der Waals surface area contributed by atoms with Gasteiger partial charge in [-0.3, -0.25) is 0 Å². The molecule has 1 heterocycles. The maximum atomic E-state index is 2.41. The molecule has 0 amide bonds. The zero-order valence-electron chi connectivity index (χ0n) is 33.4. The second-order valence-electron chi connectivity index (χ2n) is 15.4. The maximum Gasteiger partial charge on any atom is 0.0540 e. The Kier molecular flexibility index (Phi) is 9.42. The minimum absolute atomic E-state index is 1.10. The first-order valence-corrected chi connectivity index (χ1v) is 21.6. The summed E-state index contributed by atoms with van der Waals surface area (Å²) in [6.45, 7) is 0. The van der Waals surface area contributed by atoms with E-state index in [9.17, 15) is 0 Å². The van der Waals surface area contributed by atoms with Gasteiger partial charge in [0.25, 0.3) is 0 Å². The van der Waals surface area contributed by atoms with Gasteiger partial charge in [-0.25, -0.2) is 0 Å². The van der Waals surface area contributed by atoms with Crippen LogP contribution in [0.15, 0.2) is 243 Å². The van der Waals surface area contributed by atoms with Gasteiger partial charge in [0.15, 0.2) is 0 Å². The Balaban J connectivity index is 0.948. The van der Waals surface area contributed by atoms with Gasteiger partial charge in [-0.05, 0) is 118 Å². The SMILES string of the molecule is c1ccc(-c2ccc(N(c3ccc(-c4ccccc4)cc3)c3ccc(-c4ccc(N(c5ccc6sc7ccccc7c6c5)c5cccc6ccccc56)cc4)cc3)cc2)cc1. The van der Waals surface area contributed by atoms with Crippen molar-refractivity contribution < 1.29 is 0 Å². The largest absolute Gasteiger partial charge is 0.311 e. The second kappa shape index (κ2) is 15.8. The van der Waals surface area contributed by atoms with Gasteiger partial charge >= 0.3 is 0 Å². The van der Waals surface area contributed by atoms with Gasteiger partial charge in [-0.15, -0.1) is 11.3 Å². The van der Waals surface area contributed by atoms with Gasteiger partial charge in [0.05, 0.1) is 5.69 Å². The lowest BCUT2D eigenvalue weighted by molar-refractivity contribution is 1.28. The Bertz CT molecular complexity index is 3180. The molecule has 0 saturated carbocycles. The number of benzene rings is 10. The normalized spacial score (nSPS) is 11.3. The molecule has 288 valence electrons. The van der Waals surface area contributed by atoms with Crippen LogP contribution in [0.1, 0.15) is 0 Å². The van der Waals surface area contributed by atoms with Gasteiger partial charge in [0.2, 0.25) is 0 Å². The van der Waals surface area contributed by atoms with Crippen LogP contribution in [-0.2, 0) is 0 Å². The number of hydrogen-bond acceptors (Lipinski definition) is 3. The van der Waals surface area contributed by atoms with E-state index in [-0.39, 0.29) is 0 Å². The molecule has 0 radical (unpaired) electrons. The Morgan fingerprint density at radius 1 is 0.246 bits per heavy atom. The Morgan fingerprint density at radius 2 is 0.639 bits per heavy atom. The summed E-state index contributed by atoms with van der Waals surface area (Å²) in [4.78, 5) is 4.75. The smallest absolute Gasteiger partial charge is 0.0540 e. The summed E-state index contributed by atoms with van der Waals surface area (Å²) in [5.41, 5.74) is 13.8. The first-order valence-electron chi connectivity index (χ1n) is 20.7. The third-order valence-electron chi connectivity index (χ3n) is 11.7. The lowest BCUT2D eigenvalue weighted by Gasteiger charge is -2.27. The fraction of sp³-hybridized carbons (Fsp3) is 0. The van der Waals surface area contributed by atoms with E-state index < -0.39 is 0 Å². The van der Waals surface area contributed by atoms with E-state index >= 15 is 0 Å². The zero-order chi connectivity index (χ0) is 40.5. The number of nitrogens with zero attached hydrogens (tertiary/aromatic N) is 2. The first kappa shape index (κ1) is 36.4. The van der Waals surface area contributed by atoms with Crippen molar-refractivity contribution >= 4 is 76.4 Å². The molecule has 0 N–H and O–H groups in total. The molecule has 0 aliphatic heterocycles. The fourth-order valence-corrected chi connectivity index (χ4v) is 9.69. The van der Waals surface area contributed by atoms with Crippen LogP contribution in [0.3, 0.4) is 0 Å². The van der Waals surface area contributed by atoms with Crippen molar-refractivity contribution in [2.75, 3.05) is 9.80 Å². The quantitative estimate of drug-likeness (QED) is 0.144. The average molecular weight is 797 g/mol. The van der Waals surface area contributed by atoms with Crippen molar-refractivity contribution in [1.29, 1.82) is 0 Å². The topological polar surface area (TPSA) is 6.48 Å². The van der Waals surface area contributed by atoms with Crippen molar-refractivity contribution in [2.24, 2.45) is 0 Å². The predicted molar refractivity (Wildman–Crippen MR) is 263 cm³/mol. The molecular formula is C58H40N2S. The van der Waals surface area contributed by atoms with Crippen LogP contribution < -0.4 is 9.80 Å². The molecule has 61 heavy (non-hydrogen) atoms. The number of hydrogen-bond donors (Lipinski definition) is 0. The van der Waals surface area contributed by atoms with Crippen molar-refractivity contribution in [3.05, 3.63) is 243 Å². The Hall–Kier alpha value is -7.72. The van der Waals surface area contributed by atoms with Crippen LogP contribution in [0.5, 0.6) is 0 Å². The molecule has 0 atom stereocenters. The number of thiophene rings is 1. The third kappa shape index (κ3) is 7.01. The van der Waals surface area contributed by atoms with Crippen LogP contribution in [0, 0.1) is 0 Å². The molecule has 0 aliphatic carbocycles. The molecule has 0 bridgehead atoms. The van der Waals surface area contributed by atoms with Crippen LogP contribution in [-0.4, -0.2) is 0 Å². The summed E-state index contributed by atoms with van der Waals surface area (Å²) in [5, 5.41) is 5.02.